The second kappa shape index (κ2) is 8.55. The molecule has 0 atom stereocenters. The Bertz CT molecular complexity index is 879. The van der Waals surface area contributed by atoms with Crippen LogP contribution >= 0.6 is 23.2 Å². The van der Waals surface area contributed by atoms with Crippen molar-refractivity contribution in [3.05, 3.63) is 80.8 Å². The number of piperidine rings is 1. The molecule has 1 heterocycles. The molecule has 1 saturated heterocycles. The maximum Gasteiger partial charge on any atom is 0.222 e. The van der Waals surface area contributed by atoms with Crippen molar-refractivity contribution in [3.8, 4) is 0 Å². The van der Waals surface area contributed by atoms with Crippen LogP contribution in [0.3, 0.4) is 0 Å². The molecule has 138 valence electrons. The van der Waals surface area contributed by atoms with Gasteiger partial charge in [-0.05, 0) is 35.4 Å². The average molecular weight is 400 g/mol. The molecule has 0 radical (unpaired) electrons. The molecule has 0 saturated carbocycles. The zero-order chi connectivity index (χ0) is 19.4. The molecule has 1 amide bonds. The maximum absolute atomic E-state index is 13.1. The van der Waals surface area contributed by atoms with E-state index in [2.05, 4.69) is 0 Å². The molecule has 0 bridgehead atoms. The first-order valence-electron chi connectivity index (χ1n) is 8.72. The fourth-order valence-corrected chi connectivity index (χ4v) is 3.38. The van der Waals surface area contributed by atoms with Crippen LogP contribution in [0.1, 0.15) is 24.5 Å². The number of nitrogens with zero attached hydrogens (tertiary/aromatic N) is 1. The van der Waals surface area contributed by atoms with Crippen LogP contribution in [-0.2, 0) is 9.59 Å². The smallest absolute Gasteiger partial charge is 0.222 e. The van der Waals surface area contributed by atoms with E-state index < -0.39 is 0 Å². The van der Waals surface area contributed by atoms with Crippen LogP contribution in [0.4, 0.5) is 0 Å². The van der Waals surface area contributed by atoms with Gasteiger partial charge in [0, 0.05) is 40.7 Å². The number of carbonyl (C=O) groups is 2. The number of benzene rings is 2. The zero-order valence-electron chi connectivity index (χ0n) is 14.9. The fraction of sp³-hybridized carbons (Fsp3) is 0.182. The largest absolute Gasteiger partial charge is 0.334 e. The van der Waals surface area contributed by atoms with E-state index in [1.54, 1.807) is 29.2 Å². The van der Waals surface area contributed by atoms with Crippen LogP contribution in [0.25, 0.3) is 12.2 Å². The monoisotopic (exact) mass is 399 g/mol. The van der Waals surface area contributed by atoms with E-state index in [-0.39, 0.29) is 24.8 Å². The van der Waals surface area contributed by atoms with E-state index in [1.165, 1.54) is 0 Å². The molecule has 3 nitrogen and oxygen atoms in total. The molecule has 5 heteroatoms. The molecule has 0 spiro atoms. The quantitative estimate of drug-likeness (QED) is 0.658. The Morgan fingerprint density at radius 2 is 1.37 bits per heavy atom. The first-order valence-corrected chi connectivity index (χ1v) is 9.48. The highest BCUT2D eigenvalue weighted by Crippen LogP contribution is 2.26. The molecule has 1 fully saturated rings. The zero-order valence-corrected chi connectivity index (χ0v) is 16.4. The minimum Gasteiger partial charge on any atom is -0.334 e. The van der Waals surface area contributed by atoms with E-state index in [0.717, 1.165) is 11.1 Å². The predicted octanol–water partition coefficient (Wildman–Crippen LogP) is 5.28. The van der Waals surface area contributed by atoms with Crippen molar-refractivity contribution in [1.82, 2.24) is 4.90 Å². The topological polar surface area (TPSA) is 37.4 Å². The molecule has 2 aromatic rings. The minimum absolute atomic E-state index is 0.00221. The van der Waals surface area contributed by atoms with Crippen LogP contribution in [-0.4, -0.2) is 29.7 Å². The van der Waals surface area contributed by atoms with Gasteiger partial charge in [-0.3, -0.25) is 9.59 Å². The Balaban J connectivity index is 2.04. The number of likely N-dealkylation sites (tertiary alicyclic amines) is 1. The third kappa shape index (κ3) is 4.49. The third-order valence-electron chi connectivity index (χ3n) is 4.43. The average Bonchev–Trinajstić information content (AvgIpc) is 2.67. The van der Waals surface area contributed by atoms with E-state index in [4.69, 9.17) is 23.2 Å². The van der Waals surface area contributed by atoms with Crippen LogP contribution in [0.5, 0.6) is 0 Å². The van der Waals surface area contributed by atoms with Crippen LogP contribution < -0.4 is 0 Å². The Labute approximate surface area is 168 Å². The normalized spacial score (nSPS) is 17.6. The third-order valence-corrected chi connectivity index (χ3v) is 5.12. The van der Waals surface area contributed by atoms with Crippen LogP contribution in [0, 0.1) is 0 Å². The molecular weight excluding hydrogens is 381 g/mol. The van der Waals surface area contributed by atoms with Crippen molar-refractivity contribution in [3.63, 3.8) is 0 Å². The number of carbonyl (C=O) groups excluding carboxylic acids is 2. The van der Waals surface area contributed by atoms with Crippen LogP contribution in [0.15, 0.2) is 59.7 Å². The Hall–Kier alpha value is -2.36. The van der Waals surface area contributed by atoms with Gasteiger partial charge >= 0.3 is 0 Å². The van der Waals surface area contributed by atoms with Crippen molar-refractivity contribution in [2.45, 2.75) is 13.3 Å². The summed E-state index contributed by atoms with van der Waals surface area (Å²) in [6.45, 7) is 2.36. The number of hydrogen-bond donors (Lipinski definition) is 0. The molecule has 0 unspecified atom stereocenters. The van der Waals surface area contributed by atoms with Crippen molar-refractivity contribution in [2.75, 3.05) is 13.1 Å². The lowest BCUT2D eigenvalue weighted by molar-refractivity contribution is -0.131. The second-order valence-corrected chi connectivity index (χ2v) is 7.13. The van der Waals surface area contributed by atoms with Gasteiger partial charge in [0.15, 0.2) is 5.78 Å². The van der Waals surface area contributed by atoms with Crippen molar-refractivity contribution in [1.29, 1.82) is 0 Å². The Morgan fingerprint density at radius 1 is 0.926 bits per heavy atom. The van der Waals surface area contributed by atoms with Gasteiger partial charge in [0.05, 0.1) is 0 Å². The summed E-state index contributed by atoms with van der Waals surface area (Å²) in [7, 11) is 0. The van der Waals surface area contributed by atoms with Gasteiger partial charge in [-0.15, -0.1) is 0 Å². The summed E-state index contributed by atoms with van der Waals surface area (Å²) in [6, 6.07) is 14.6. The number of ketones is 1. The standard InChI is InChI=1S/C22H19Cl2NO2/c1-2-21(26)25-13-17(11-15-7-3-5-9-19(15)23)22(27)18(14-25)12-16-8-4-6-10-20(16)24/h3-12H,2,13-14H2,1H3. The lowest BCUT2D eigenvalue weighted by Gasteiger charge is -2.30. The van der Waals surface area contributed by atoms with E-state index >= 15 is 0 Å². The highest BCUT2D eigenvalue weighted by Gasteiger charge is 2.28. The Morgan fingerprint density at radius 3 is 1.78 bits per heavy atom. The molecule has 1 aliphatic rings. The maximum atomic E-state index is 13.1. The predicted molar refractivity (Wildman–Crippen MR) is 111 cm³/mol. The van der Waals surface area contributed by atoms with Gasteiger partial charge in [0.2, 0.25) is 5.91 Å². The first kappa shape index (κ1) is 19.4. The van der Waals surface area contributed by atoms with Crippen molar-refractivity contribution in [2.24, 2.45) is 0 Å². The number of hydrogen-bond acceptors (Lipinski definition) is 2. The van der Waals surface area contributed by atoms with Gasteiger partial charge in [-0.2, -0.15) is 0 Å². The molecule has 3 rings (SSSR count). The summed E-state index contributed by atoms with van der Waals surface area (Å²) < 4.78 is 0. The summed E-state index contributed by atoms with van der Waals surface area (Å²) in [5, 5.41) is 1.13. The summed E-state index contributed by atoms with van der Waals surface area (Å²) >= 11 is 12.5. The number of amides is 1. The van der Waals surface area contributed by atoms with Gasteiger partial charge in [-0.25, -0.2) is 0 Å². The Kier molecular flexibility index (Phi) is 6.15. The van der Waals surface area contributed by atoms with Gasteiger partial charge < -0.3 is 4.90 Å². The van der Waals surface area contributed by atoms with E-state index in [1.807, 2.05) is 43.3 Å². The second-order valence-electron chi connectivity index (χ2n) is 6.31. The number of halogens is 2. The molecule has 2 aromatic carbocycles. The summed E-state index contributed by atoms with van der Waals surface area (Å²) in [6.07, 6.45) is 3.91. The van der Waals surface area contributed by atoms with Crippen molar-refractivity contribution < 1.29 is 9.59 Å². The SMILES string of the molecule is CCC(=O)N1CC(=Cc2ccccc2Cl)C(=O)C(=Cc2ccccc2Cl)C1. The highest BCUT2D eigenvalue weighted by atomic mass is 35.5. The molecule has 1 aliphatic heterocycles. The molecule has 27 heavy (non-hydrogen) atoms. The van der Waals surface area contributed by atoms with Gasteiger partial charge in [0.25, 0.3) is 0 Å². The first-order chi connectivity index (χ1) is 13.0. The van der Waals surface area contributed by atoms with Gasteiger partial charge in [0.1, 0.15) is 0 Å². The van der Waals surface area contributed by atoms with E-state index in [9.17, 15) is 9.59 Å². The lowest BCUT2D eigenvalue weighted by atomic mass is 9.94. The summed E-state index contributed by atoms with van der Waals surface area (Å²) in [4.78, 5) is 27.1. The highest BCUT2D eigenvalue weighted by molar-refractivity contribution is 6.33. The van der Waals surface area contributed by atoms with Gasteiger partial charge in [-0.1, -0.05) is 66.5 Å². The lowest BCUT2D eigenvalue weighted by Crippen LogP contribution is -2.41. The fourth-order valence-electron chi connectivity index (χ4n) is 3.00. The van der Waals surface area contributed by atoms with Crippen molar-refractivity contribution >= 4 is 47.0 Å². The number of Topliss-reactive ketones (excluding diaryl/α,β-unsaturated/α-hetero) is 1. The van der Waals surface area contributed by atoms with E-state index in [0.29, 0.717) is 27.6 Å². The molecule has 0 aliphatic carbocycles. The summed E-state index contributed by atoms with van der Waals surface area (Å²) in [5.74, 6) is -0.0902. The molecule has 0 N–H and O–H groups in total. The number of rotatable bonds is 3. The summed E-state index contributed by atoms with van der Waals surface area (Å²) in [5.41, 5.74) is 2.58. The van der Waals surface area contributed by atoms with Crippen LogP contribution in [0.2, 0.25) is 10.0 Å². The molecule has 0 aromatic heterocycles. The molecular formula is C22H19Cl2NO2. The minimum atomic E-state index is -0.0880.